The van der Waals surface area contributed by atoms with Crippen LogP contribution in [0.15, 0.2) is 12.4 Å². The first kappa shape index (κ1) is 10.6. The first-order valence-electron chi connectivity index (χ1n) is 4.45. The molecule has 1 N–H and O–H groups in total. The number of aliphatic carboxylic acids is 1. The lowest BCUT2D eigenvalue weighted by Crippen LogP contribution is -2.13. The van der Waals surface area contributed by atoms with E-state index in [1.165, 1.54) is 0 Å². The molecule has 0 aromatic carbocycles. The number of nitrogens with zero attached hydrogens (tertiary/aromatic N) is 2. The number of rotatable bonds is 5. The highest BCUT2D eigenvalue weighted by atomic mass is 16.5. The van der Waals surface area contributed by atoms with Gasteiger partial charge in [-0.3, -0.25) is 9.48 Å². The Hall–Kier alpha value is -1.52. The molecule has 1 aromatic heterocycles. The maximum Gasteiger partial charge on any atom is 0.303 e. The molecule has 0 amide bonds. The molecule has 1 aromatic rings. The van der Waals surface area contributed by atoms with E-state index in [2.05, 4.69) is 5.10 Å². The summed E-state index contributed by atoms with van der Waals surface area (Å²) in [5.41, 5.74) is 0. The Bertz CT molecular complexity index is 309. The molecule has 0 spiro atoms. The predicted octanol–water partition coefficient (Wildman–Crippen LogP) is 1.05. The van der Waals surface area contributed by atoms with Crippen molar-refractivity contribution < 1.29 is 14.6 Å². The molecule has 5 heteroatoms. The van der Waals surface area contributed by atoms with Crippen LogP contribution in [0.4, 0.5) is 0 Å². The molecule has 14 heavy (non-hydrogen) atoms. The molecule has 0 aliphatic rings. The molecule has 78 valence electrons. The summed E-state index contributed by atoms with van der Waals surface area (Å²) in [6.07, 6.45) is 3.88. The van der Waals surface area contributed by atoms with Gasteiger partial charge in [0.1, 0.15) is 0 Å². The second kappa shape index (κ2) is 4.64. The maximum absolute atomic E-state index is 10.3. The monoisotopic (exact) mass is 198 g/mol. The van der Waals surface area contributed by atoms with E-state index in [1.807, 2.05) is 6.92 Å². The van der Waals surface area contributed by atoms with Gasteiger partial charge in [-0.15, -0.1) is 0 Å². The summed E-state index contributed by atoms with van der Waals surface area (Å²) >= 11 is 0. The van der Waals surface area contributed by atoms with Crippen LogP contribution in [0.3, 0.4) is 0 Å². The third-order valence-electron chi connectivity index (χ3n) is 1.78. The summed E-state index contributed by atoms with van der Waals surface area (Å²) in [4.78, 5) is 10.3. The van der Waals surface area contributed by atoms with Crippen LogP contribution < -0.4 is 4.74 Å². The fourth-order valence-electron chi connectivity index (χ4n) is 1.08. The molecule has 1 rings (SSSR count). The summed E-state index contributed by atoms with van der Waals surface area (Å²) in [6, 6.07) is 0. The fourth-order valence-corrected chi connectivity index (χ4v) is 1.08. The Labute approximate surface area is 82.3 Å². The second-order valence-electron chi connectivity index (χ2n) is 3.21. The first-order chi connectivity index (χ1) is 6.58. The number of ether oxygens (including phenoxy) is 1. The van der Waals surface area contributed by atoms with Crippen LogP contribution in [0.1, 0.15) is 19.8 Å². The Morgan fingerprint density at radius 1 is 1.79 bits per heavy atom. The van der Waals surface area contributed by atoms with Crippen molar-refractivity contribution in [2.45, 2.75) is 25.9 Å². The van der Waals surface area contributed by atoms with Crippen LogP contribution in [0.25, 0.3) is 0 Å². The molecule has 1 heterocycles. The summed E-state index contributed by atoms with van der Waals surface area (Å²) in [7, 11) is 1.80. The minimum Gasteiger partial charge on any atom is -0.487 e. The van der Waals surface area contributed by atoms with Crippen LogP contribution in [-0.2, 0) is 11.8 Å². The van der Waals surface area contributed by atoms with Crippen molar-refractivity contribution in [2.24, 2.45) is 7.05 Å². The van der Waals surface area contributed by atoms with Gasteiger partial charge in [0.2, 0.25) is 0 Å². The molecule has 0 radical (unpaired) electrons. The minimum atomic E-state index is -0.799. The molecule has 5 nitrogen and oxygen atoms in total. The molecule has 1 unspecified atom stereocenters. The number of carboxylic acid groups (broad SMARTS) is 1. The van der Waals surface area contributed by atoms with E-state index in [-0.39, 0.29) is 12.5 Å². The SMILES string of the molecule is CC(CCC(=O)O)Oc1cnn(C)c1. The predicted molar refractivity (Wildman–Crippen MR) is 50.2 cm³/mol. The Morgan fingerprint density at radius 3 is 3.00 bits per heavy atom. The average molecular weight is 198 g/mol. The van der Waals surface area contributed by atoms with Gasteiger partial charge in [0.25, 0.3) is 0 Å². The smallest absolute Gasteiger partial charge is 0.303 e. The molecule has 0 fully saturated rings. The van der Waals surface area contributed by atoms with Gasteiger partial charge in [-0.2, -0.15) is 5.10 Å². The van der Waals surface area contributed by atoms with Crippen molar-refractivity contribution in [3.63, 3.8) is 0 Å². The van der Waals surface area contributed by atoms with E-state index in [1.54, 1.807) is 24.1 Å². The zero-order valence-corrected chi connectivity index (χ0v) is 8.30. The van der Waals surface area contributed by atoms with E-state index in [0.717, 1.165) is 0 Å². The number of aromatic nitrogens is 2. The maximum atomic E-state index is 10.3. The van der Waals surface area contributed by atoms with Gasteiger partial charge in [0.05, 0.1) is 18.5 Å². The van der Waals surface area contributed by atoms with Crippen LogP contribution in [0.5, 0.6) is 5.75 Å². The van der Waals surface area contributed by atoms with E-state index in [9.17, 15) is 4.79 Å². The van der Waals surface area contributed by atoms with Crippen molar-refractivity contribution in [1.82, 2.24) is 9.78 Å². The minimum absolute atomic E-state index is 0.102. The van der Waals surface area contributed by atoms with E-state index < -0.39 is 5.97 Å². The Balaban J connectivity index is 2.33. The zero-order chi connectivity index (χ0) is 10.6. The van der Waals surface area contributed by atoms with Gasteiger partial charge in [-0.1, -0.05) is 0 Å². The molecule has 0 aliphatic heterocycles. The van der Waals surface area contributed by atoms with Crippen molar-refractivity contribution >= 4 is 5.97 Å². The zero-order valence-electron chi connectivity index (χ0n) is 8.30. The van der Waals surface area contributed by atoms with Crippen molar-refractivity contribution in [2.75, 3.05) is 0 Å². The van der Waals surface area contributed by atoms with Crippen molar-refractivity contribution in [3.05, 3.63) is 12.4 Å². The van der Waals surface area contributed by atoms with Crippen LogP contribution in [0, 0.1) is 0 Å². The number of carboxylic acids is 1. The normalized spacial score (nSPS) is 12.4. The van der Waals surface area contributed by atoms with Crippen LogP contribution in [-0.4, -0.2) is 27.0 Å². The number of carbonyl (C=O) groups is 1. The van der Waals surface area contributed by atoms with E-state index in [4.69, 9.17) is 9.84 Å². The topological polar surface area (TPSA) is 64.3 Å². The third kappa shape index (κ3) is 3.47. The lowest BCUT2D eigenvalue weighted by molar-refractivity contribution is -0.137. The molecular weight excluding hydrogens is 184 g/mol. The van der Waals surface area contributed by atoms with E-state index in [0.29, 0.717) is 12.2 Å². The van der Waals surface area contributed by atoms with Gasteiger partial charge < -0.3 is 9.84 Å². The quantitative estimate of drug-likeness (QED) is 0.768. The highest BCUT2D eigenvalue weighted by Crippen LogP contribution is 2.12. The van der Waals surface area contributed by atoms with E-state index >= 15 is 0 Å². The fraction of sp³-hybridized carbons (Fsp3) is 0.556. The van der Waals surface area contributed by atoms with Crippen LogP contribution >= 0.6 is 0 Å². The average Bonchev–Trinajstić information content (AvgIpc) is 2.48. The lowest BCUT2D eigenvalue weighted by atomic mass is 10.2. The van der Waals surface area contributed by atoms with Gasteiger partial charge in [0.15, 0.2) is 5.75 Å². The highest BCUT2D eigenvalue weighted by Gasteiger charge is 2.07. The molecule has 0 aliphatic carbocycles. The largest absolute Gasteiger partial charge is 0.487 e. The summed E-state index contributed by atoms with van der Waals surface area (Å²) < 4.78 is 7.08. The van der Waals surface area contributed by atoms with Gasteiger partial charge >= 0.3 is 5.97 Å². The highest BCUT2D eigenvalue weighted by molar-refractivity contribution is 5.66. The molecule has 0 saturated carbocycles. The summed E-state index contributed by atoms with van der Waals surface area (Å²) in [6.45, 7) is 1.84. The molecule has 0 bridgehead atoms. The van der Waals surface area contributed by atoms with Crippen LogP contribution in [0.2, 0.25) is 0 Å². The molecular formula is C9H14N2O3. The van der Waals surface area contributed by atoms with Gasteiger partial charge in [-0.05, 0) is 13.3 Å². The van der Waals surface area contributed by atoms with Gasteiger partial charge in [-0.25, -0.2) is 0 Å². The summed E-state index contributed by atoms with van der Waals surface area (Å²) in [5, 5.41) is 12.4. The Kier molecular flexibility index (Phi) is 3.50. The van der Waals surface area contributed by atoms with Crippen molar-refractivity contribution in [1.29, 1.82) is 0 Å². The molecule has 0 saturated heterocycles. The number of aryl methyl sites for hydroxylation is 1. The third-order valence-corrected chi connectivity index (χ3v) is 1.78. The Morgan fingerprint density at radius 2 is 2.50 bits per heavy atom. The second-order valence-corrected chi connectivity index (χ2v) is 3.21. The standard InChI is InChI=1S/C9H14N2O3/c1-7(3-4-9(12)13)14-8-5-10-11(2)6-8/h5-7H,3-4H2,1-2H3,(H,12,13). The number of hydrogen-bond donors (Lipinski definition) is 1. The first-order valence-corrected chi connectivity index (χ1v) is 4.45. The molecule has 1 atom stereocenters. The lowest BCUT2D eigenvalue weighted by Gasteiger charge is -2.10. The number of hydrogen-bond acceptors (Lipinski definition) is 3. The summed E-state index contributed by atoms with van der Waals surface area (Å²) in [5.74, 6) is -0.128. The van der Waals surface area contributed by atoms with Crippen molar-refractivity contribution in [3.8, 4) is 5.75 Å². The van der Waals surface area contributed by atoms with Gasteiger partial charge in [0, 0.05) is 13.5 Å².